The highest BCUT2D eigenvalue weighted by molar-refractivity contribution is 6.30. The molecule has 0 aliphatic heterocycles. The minimum atomic E-state index is 0.594. The van der Waals surface area contributed by atoms with E-state index >= 15 is 0 Å². The van der Waals surface area contributed by atoms with Gasteiger partial charge in [-0.05, 0) is 45.1 Å². The molecule has 1 heterocycles. The first-order valence-corrected chi connectivity index (χ1v) is 8.42. The minimum absolute atomic E-state index is 0.594. The third-order valence-corrected chi connectivity index (χ3v) is 4.29. The predicted molar refractivity (Wildman–Crippen MR) is 97.2 cm³/mol. The van der Waals surface area contributed by atoms with Crippen molar-refractivity contribution in [1.82, 2.24) is 15.2 Å². The summed E-state index contributed by atoms with van der Waals surface area (Å²) in [5.74, 6) is 0. The summed E-state index contributed by atoms with van der Waals surface area (Å²) in [5.41, 5.74) is 3.20. The quantitative estimate of drug-likeness (QED) is 0.564. The van der Waals surface area contributed by atoms with Gasteiger partial charge in [0.25, 0.3) is 0 Å². The van der Waals surface area contributed by atoms with Crippen molar-refractivity contribution in [3.05, 3.63) is 40.5 Å². The summed E-state index contributed by atoms with van der Waals surface area (Å²) in [7, 11) is 3.85. The Morgan fingerprint density at radius 3 is 2.91 bits per heavy atom. The Kier molecular flexibility index (Phi) is 7.24. The second-order valence-electron chi connectivity index (χ2n) is 5.91. The van der Waals surface area contributed by atoms with E-state index in [9.17, 15) is 0 Å². The number of hydrogen-bond acceptors (Lipinski definition) is 4. The second-order valence-corrected chi connectivity index (χ2v) is 6.27. The molecule has 0 fully saturated rings. The third-order valence-electron chi connectivity index (χ3n) is 3.96. The Labute approximate surface area is 143 Å². The van der Waals surface area contributed by atoms with Crippen molar-refractivity contribution in [2.45, 2.75) is 19.9 Å². The molecule has 23 heavy (non-hydrogen) atoms. The highest BCUT2D eigenvalue weighted by atomic mass is 35.5. The van der Waals surface area contributed by atoms with E-state index in [1.54, 1.807) is 7.11 Å². The van der Waals surface area contributed by atoms with Gasteiger partial charge in [0.05, 0.1) is 12.1 Å². The van der Waals surface area contributed by atoms with E-state index < -0.39 is 0 Å². The summed E-state index contributed by atoms with van der Waals surface area (Å²) in [6, 6.07) is 8.33. The van der Waals surface area contributed by atoms with Crippen molar-refractivity contribution in [1.29, 1.82) is 0 Å². The number of methoxy groups -OCH3 is 1. The van der Waals surface area contributed by atoms with Crippen molar-refractivity contribution < 1.29 is 4.74 Å². The second kappa shape index (κ2) is 9.18. The molecule has 126 valence electrons. The van der Waals surface area contributed by atoms with Crippen molar-refractivity contribution in [3.63, 3.8) is 0 Å². The van der Waals surface area contributed by atoms with Crippen LogP contribution in [0.3, 0.4) is 0 Å². The molecule has 0 atom stereocenters. The van der Waals surface area contributed by atoms with Crippen LogP contribution in [0.15, 0.2) is 24.3 Å². The van der Waals surface area contributed by atoms with Crippen LogP contribution in [0.25, 0.3) is 10.9 Å². The number of hydrogen-bond donors (Lipinski definition) is 1. The van der Waals surface area contributed by atoms with E-state index in [2.05, 4.69) is 53.4 Å². The third kappa shape index (κ3) is 5.43. The molecule has 1 aromatic heterocycles. The number of benzene rings is 1. The van der Waals surface area contributed by atoms with E-state index in [1.165, 1.54) is 0 Å². The van der Waals surface area contributed by atoms with Gasteiger partial charge in [0.2, 0.25) is 0 Å². The Hall–Kier alpha value is -1.20. The van der Waals surface area contributed by atoms with Gasteiger partial charge < -0.3 is 15.0 Å². The average molecular weight is 336 g/mol. The number of nitrogens with zero attached hydrogens (tertiary/aromatic N) is 2. The molecule has 1 N–H and O–H groups in total. The first kappa shape index (κ1) is 18.1. The summed E-state index contributed by atoms with van der Waals surface area (Å²) in [6.45, 7) is 6.57. The van der Waals surface area contributed by atoms with E-state index in [0.717, 1.165) is 61.2 Å². The molecule has 0 saturated carbocycles. The number of pyridine rings is 1. The molecular weight excluding hydrogens is 310 g/mol. The maximum Gasteiger partial charge on any atom is 0.134 e. The van der Waals surface area contributed by atoms with Gasteiger partial charge in [-0.15, -0.1) is 0 Å². The average Bonchev–Trinajstić information content (AvgIpc) is 2.54. The largest absolute Gasteiger partial charge is 0.383 e. The van der Waals surface area contributed by atoms with Gasteiger partial charge in [-0.25, -0.2) is 4.98 Å². The summed E-state index contributed by atoms with van der Waals surface area (Å²) in [4.78, 5) is 6.82. The smallest absolute Gasteiger partial charge is 0.134 e. The zero-order valence-corrected chi connectivity index (χ0v) is 15.0. The topological polar surface area (TPSA) is 37.4 Å². The van der Waals surface area contributed by atoms with Gasteiger partial charge >= 0.3 is 0 Å². The highest BCUT2D eigenvalue weighted by Gasteiger charge is 2.06. The molecule has 0 aliphatic carbocycles. The van der Waals surface area contributed by atoms with Gasteiger partial charge in [-0.2, -0.15) is 0 Å². The fraction of sp³-hybridized carbons (Fsp3) is 0.500. The first-order chi connectivity index (χ1) is 11.1. The molecule has 4 nitrogen and oxygen atoms in total. The summed E-state index contributed by atoms with van der Waals surface area (Å²) in [5, 5.41) is 5.19. The van der Waals surface area contributed by atoms with Crippen LogP contribution in [-0.2, 0) is 11.3 Å². The molecule has 0 aliphatic rings. The lowest BCUT2D eigenvalue weighted by molar-refractivity contribution is 0.160. The number of ether oxygens (including phenoxy) is 1. The van der Waals surface area contributed by atoms with Crippen LogP contribution < -0.4 is 5.32 Å². The SMILES string of the molecule is COCCN(C)CCCNCc1cc2cccc(C)c2nc1Cl. The fourth-order valence-electron chi connectivity index (χ4n) is 2.55. The summed E-state index contributed by atoms with van der Waals surface area (Å²) in [6.07, 6.45) is 1.10. The maximum absolute atomic E-state index is 6.32. The molecule has 1 aromatic carbocycles. The van der Waals surface area contributed by atoms with E-state index in [0.29, 0.717) is 5.15 Å². The molecular formula is C18H26ClN3O. The van der Waals surface area contributed by atoms with Crippen molar-refractivity contribution >= 4 is 22.5 Å². The van der Waals surface area contributed by atoms with Gasteiger partial charge in [0.15, 0.2) is 0 Å². The van der Waals surface area contributed by atoms with E-state index in [-0.39, 0.29) is 0 Å². The first-order valence-electron chi connectivity index (χ1n) is 8.04. The van der Waals surface area contributed by atoms with E-state index in [4.69, 9.17) is 16.3 Å². The Balaban J connectivity index is 1.82. The van der Waals surface area contributed by atoms with Crippen LogP contribution in [-0.4, -0.2) is 50.3 Å². The number of likely N-dealkylation sites (N-methyl/N-ethyl adjacent to an activating group) is 1. The van der Waals surface area contributed by atoms with Gasteiger partial charge in [0.1, 0.15) is 5.15 Å². The van der Waals surface area contributed by atoms with Gasteiger partial charge in [-0.1, -0.05) is 29.8 Å². The van der Waals surface area contributed by atoms with Crippen LogP contribution in [0.4, 0.5) is 0 Å². The van der Waals surface area contributed by atoms with Crippen LogP contribution in [0.2, 0.25) is 5.15 Å². The van der Waals surface area contributed by atoms with Crippen LogP contribution >= 0.6 is 11.6 Å². The lowest BCUT2D eigenvalue weighted by atomic mass is 10.1. The van der Waals surface area contributed by atoms with E-state index in [1.807, 2.05) is 0 Å². The fourth-order valence-corrected chi connectivity index (χ4v) is 2.75. The molecule has 2 rings (SSSR count). The molecule has 0 unspecified atom stereocenters. The lowest BCUT2D eigenvalue weighted by Crippen LogP contribution is -2.26. The van der Waals surface area contributed by atoms with Crippen LogP contribution in [0.5, 0.6) is 0 Å². The standard InChI is InChI=1S/C18H26ClN3O/c1-14-6-4-7-15-12-16(18(19)21-17(14)15)13-20-8-5-9-22(2)10-11-23-3/h4,6-7,12,20H,5,8-11,13H2,1-3H3. The monoisotopic (exact) mass is 335 g/mol. The molecule has 0 bridgehead atoms. The summed E-state index contributed by atoms with van der Waals surface area (Å²) < 4.78 is 5.08. The molecule has 5 heteroatoms. The minimum Gasteiger partial charge on any atom is -0.383 e. The number of para-hydroxylation sites is 1. The van der Waals surface area contributed by atoms with Crippen molar-refractivity contribution in [2.24, 2.45) is 0 Å². The zero-order chi connectivity index (χ0) is 16.7. The Morgan fingerprint density at radius 2 is 2.13 bits per heavy atom. The summed E-state index contributed by atoms with van der Waals surface area (Å²) >= 11 is 6.32. The number of aryl methyl sites for hydroxylation is 1. The van der Waals surface area contributed by atoms with Gasteiger partial charge in [0, 0.05) is 31.1 Å². The molecule has 0 radical (unpaired) electrons. The highest BCUT2D eigenvalue weighted by Crippen LogP contribution is 2.22. The lowest BCUT2D eigenvalue weighted by Gasteiger charge is -2.16. The van der Waals surface area contributed by atoms with Crippen LogP contribution in [0, 0.1) is 6.92 Å². The van der Waals surface area contributed by atoms with Crippen molar-refractivity contribution in [2.75, 3.05) is 40.4 Å². The predicted octanol–water partition coefficient (Wildman–Crippen LogP) is 3.25. The number of halogens is 1. The van der Waals surface area contributed by atoms with Crippen LogP contribution in [0.1, 0.15) is 17.5 Å². The van der Waals surface area contributed by atoms with Gasteiger partial charge in [-0.3, -0.25) is 0 Å². The maximum atomic E-state index is 6.32. The normalized spacial score (nSPS) is 11.5. The number of rotatable bonds is 9. The Morgan fingerprint density at radius 1 is 1.30 bits per heavy atom. The molecule has 2 aromatic rings. The number of fused-ring (bicyclic) bond motifs is 1. The van der Waals surface area contributed by atoms with Crippen molar-refractivity contribution in [3.8, 4) is 0 Å². The number of aromatic nitrogens is 1. The molecule has 0 amide bonds. The Bertz CT molecular complexity index is 633. The zero-order valence-electron chi connectivity index (χ0n) is 14.2. The molecule has 0 spiro atoms. The number of nitrogens with one attached hydrogen (secondary N) is 1. The molecule has 0 saturated heterocycles.